The molecule has 0 bridgehead atoms. The van der Waals surface area contributed by atoms with Crippen molar-refractivity contribution in [1.82, 2.24) is 10.6 Å². The number of aldehydes is 1. The fraction of sp³-hybridized carbons (Fsp3) is 0.222. The van der Waals surface area contributed by atoms with Gasteiger partial charge in [-0.25, -0.2) is 4.99 Å². The molecule has 0 saturated heterocycles. The lowest BCUT2D eigenvalue weighted by Gasteiger charge is -2.03. The lowest BCUT2D eigenvalue weighted by atomic mass is 10.2. The number of carbonyl (C=O) groups is 1. The van der Waals surface area contributed by atoms with Crippen LogP contribution in [-0.2, 0) is 4.79 Å². The molecule has 1 rings (SSSR count). The van der Waals surface area contributed by atoms with Gasteiger partial charge in [0.15, 0.2) is 6.29 Å². The minimum atomic E-state index is 0.797. The average molecular weight is 347 g/mol. The van der Waals surface area contributed by atoms with E-state index in [4.69, 9.17) is 5.73 Å². The van der Waals surface area contributed by atoms with E-state index in [1.54, 1.807) is 24.0 Å². The summed E-state index contributed by atoms with van der Waals surface area (Å²) in [6.07, 6.45) is 15.0. The number of likely N-dealkylation sites (N-methyl/N-ethyl adjacent to an activating group) is 1. The van der Waals surface area contributed by atoms with Crippen LogP contribution in [-0.4, -0.2) is 32.5 Å². The Hall–Kier alpha value is -2.47. The molecule has 5 nitrogen and oxygen atoms in total. The third-order valence-electron chi connectivity index (χ3n) is 2.75. The predicted molar refractivity (Wildman–Crippen MR) is 107 cm³/mol. The summed E-state index contributed by atoms with van der Waals surface area (Å²) in [6, 6.07) is 0. The van der Waals surface area contributed by atoms with E-state index in [0.717, 1.165) is 33.8 Å². The van der Waals surface area contributed by atoms with Crippen LogP contribution in [0.1, 0.15) is 6.92 Å². The second-order valence-electron chi connectivity index (χ2n) is 4.52. The summed E-state index contributed by atoms with van der Waals surface area (Å²) in [6.45, 7) is 5.52. The van der Waals surface area contributed by atoms with Crippen molar-refractivity contribution < 1.29 is 4.79 Å². The Kier molecular flexibility index (Phi) is 12.7. The van der Waals surface area contributed by atoms with Gasteiger partial charge < -0.3 is 16.4 Å². The standard InChI is InChI=1S/C10H14N2OS.C8H12N2/c1-11-4-3-10(12-2)8-5-9(6-13)14-7-8;1-3-4-8(2)5-6-10-7-9/h3-6,11-12H,7H2,1-2H3;3-7H,1H2,2H3,(H2,9,10)/b4-3-,10-8+;6-5+,8-4-. The zero-order valence-electron chi connectivity index (χ0n) is 14.5. The van der Waals surface area contributed by atoms with Crippen LogP contribution in [0.15, 0.2) is 76.1 Å². The molecule has 6 heteroatoms. The maximum Gasteiger partial charge on any atom is 0.156 e. The van der Waals surface area contributed by atoms with Crippen LogP contribution < -0.4 is 16.4 Å². The molecule has 0 aromatic heterocycles. The van der Waals surface area contributed by atoms with Crippen molar-refractivity contribution in [2.75, 3.05) is 19.8 Å². The Morgan fingerprint density at radius 1 is 1.42 bits per heavy atom. The second-order valence-corrected chi connectivity index (χ2v) is 5.57. The third-order valence-corrected chi connectivity index (χ3v) is 3.75. The van der Waals surface area contributed by atoms with Crippen molar-refractivity contribution in [1.29, 1.82) is 0 Å². The molecule has 130 valence electrons. The topological polar surface area (TPSA) is 79.5 Å². The molecule has 0 aromatic carbocycles. The summed E-state index contributed by atoms with van der Waals surface area (Å²) < 4.78 is 0. The molecule has 0 amide bonds. The molecule has 0 atom stereocenters. The fourth-order valence-corrected chi connectivity index (χ4v) is 2.46. The normalized spacial score (nSPS) is 16.8. The lowest BCUT2D eigenvalue weighted by molar-refractivity contribution is -0.104. The van der Waals surface area contributed by atoms with E-state index < -0.39 is 0 Å². The van der Waals surface area contributed by atoms with Gasteiger partial charge in [-0.3, -0.25) is 4.79 Å². The summed E-state index contributed by atoms with van der Waals surface area (Å²) in [7, 11) is 3.73. The number of nitrogens with two attached hydrogens (primary N) is 1. The summed E-state index contributed by atoms with van der Waals surface area (Å²) in [4.78, 5) is 15.0. The molecule has 0 saturated carbocycles. The number of aliphatic imine (C=N–C) groups is 1. The highest BCUT2D eigenvalue weighted by atomic mass is 32.2. The molecule has 0 aliphatic carbocycles. The molecule has 24 heavy (non-hydrogen) atoms. The van der Waals surface area contributed by atoms with Crippen molar-refractivity contribution in [3.8, 4) is 0 Å². The van der Waals surface area contributed by atoms with Gasteiger partial charge in [-0.2, -0.15) is 0 Å². The highest BCUT2D eigenvalue weighted by molar-refractivity contribution is 8.04. The van der Waals surface area contributed by atoms with Gasteiger partial charge in [0.1, 0.15) is 0 Å². The molecule has 0 radical (unpaired) electrons. The highest BCUT2D eigenvalue weighted by Gasteiger charge is 2.11. The Bertz CT molecular complexity index is 584. The van der Waals surface area contributed by atoms with Crippen LogP contribution in [0, 0.1) is 0 Å². The Morgan fingerprint density at radius 2 is 2.17 bits per heavy atom. The minimum absolute atomic E-state index is 0.797. The van der Waals surface area contributed by atoms with Gasteiger partial charge >= 0.3 is 0 Å². The van der Waals surface area contributed by atoms with E-state index in [2.05, 4.69) is 22.2 Å². The molecule has 0 spiro atoms. The maximum atomic E-state index is 10.5. The van der Waals surface area contributed by atoms with Gasteiger partial charge in [0, 0.05) is 36.7 Å². The Labute approximate surface area is 148 Å². The van der Waals surface area contributed by atoms with E-state index in [0.29, 0.717) is 0 Å². The minimum Gasteiger partial charge on any atom is -0.394 e. The van der Waals surface area contributed by atoms with Gasteiger partial charge in [-0.15, -0.1) is 11.8 Å². The largest absolute Gasteiger partial charge is 0.394 e. The molecule has 1 aliphatic heterocycles. The monoisotopic (exact) mass is 346 g/mol. The lowest BCUT2D eigenvalue weighted by Crippen LogP contribution is -2.07. The molecular weight excluding hydrogens is 320 g/mol. The zero-order chi connectivity index (χ0) is 18.2. The smallest absolute Gasteiger partial charge is 0.156 e. The summed E-state index contributed by atoms with van der Waals surface area (Å²) >= 11 is 1.57. The van der Waals surface area contributed by atoms with E-state index >= 15 is 0 Å². The first-order valence-corrected chi connectivity index (χ1v) is 8.35. The number of allylic oxidation sites excluding steroid dienone is 7. The van der Waals surface area contributed by atoms with Gasteiger partial charge in [0.2, 0.25) is 0 Å². The van der Waals surface area contributed by atoms with Crippen LogP contribution >= 0.6 is 11.8 Å². The first-order chi connectivity index (χ1) is 11.6. The molecule has 4 N–H and O–H groups in total. The van der Waals surface area contributed by atoms with E-state index in [-0.39, 0.29) is 0 Å². The average Bonchev–Trinajstić information content (AvgIpc) is 3.06. The zero-order valence-corrected chi connectivity index (χ0v) is 15.3. The number of rotatable bonds is 7. The quantitative estimate of drug-likeness (QED) is 0.286. The number of hydrogen-bond acceptors (Lipinski definition) is 5. The van der Waals surface area contributed by atoms with Crippen molar-refractivity contribution in [2.45, 2.75) is 6.92 Å². The molecule has 1 aliphatic rings. The van der Waals surface area contributed by atoms with Crippen LogP contribution in [0.4, 0.5) is 0 Å². The van der Waals surface area contributed by atoms with Gasteiger partial charge in [0.05, 0.1) is 6.34 Å². The van der Waals surface area contributed by atoms with Gasteiger partial charge in [-0.1, -0.05) is 18.7 Å². The predicted octanol–water partition coefficient (Wildman–Crippen LogP) is 2.64. The number of thioether (sulfide) groups is 1. The van der Waals surface area contributed by atoms with Crippen LogP contribution in [0.3, 0.4) is 0 Å². The summed E-state index contributed by atoms with van der Waals surface area (Å²) in [5, 5.41) is 6.03. The first-order valence-electron chi connectivity index (χ1n) is 7.36. The number of hydrogen-bond donors (Lipinski definition) is 3. The van der Waals surface area contributed by atoms with Crippen molar-refractivity contribution in [3.63, 3.8) is 0 Å². The van der Waals surface area contributed by atoms with Gasteiger partial charge in [0.25, 0.3) is 0 Å². The van der Waals surface area contributed by atoms with E-state index in [9.17, 15) is 4.79 Å². The summed E-state index contributed by atoms with van der Waals surface area (Å²) in [5.74, 6) is 0.859. The fourth-order valence-electron chi connectivity index (χ4n) is 1.61. The van der Waals surface area contributed by atoms with Crippen LogP contribution in [0.2, 0.25) is 0 Å². The second kappa shape index (κ2) is 14.1. The molecule has 0 aromatic rings. The molecule has 0 fully saturated rings. The Balaban J connectivity index is 0.000000470. The number of nitrogens with zero attached hydrogens (tertiary/aromatic N) is 1. The third kappa shape index (κ3) is 9.53. The highest BCUT2D eigenvalue weighted by Crippen LogP contribution is 2.28. The van der Waals surface area contributed by atoms with Crippen LogP contribution in [0.25, 0.3) is 0 Å². The maximum absolute atomic E-state index is 10.5. The van der Waals surface area contributed by atoms with Crippen LogP contribution in [0.5, 0.6) is 0 Å². The molecular formula is C18H26N4OS. The number of carbonyl (C=O) groups excluding carboxylic acids is 1. The van der Waals surface area contributed by atoms with E-state index in [1.165, 1.54) is 6.34 Å². The first kappa shape index (κ1) is 21.5. The number of nitrogens with one attached hydrogen (secondary N) is 2. The van der Waals surface area contributed by atoms with Gasteiger partial charge in [-0.05, 0) is 42.5 Å². The summed E-state index contributed by atoms with van der Waals surface area (Å²) in [5.41, 5.74) is 8.31. The van der Waals surface area contributed by atoms with Crippen molar-refractivity contribution in [3.05, 3.63) is 71.1 Å². The van der Waals surface area contributed by atoms with Crippen molar-refractivity contribution in [2.24, 2.45) is 10.7 Å². The van der Waals surface area contributed by atoms with E-state index in [1.807, 2.05) is 51.5 Å². The Morgan fingerprint density at radius 3 is 2.67 bits per heavy atom. The molecule has 1 heterocycles. The SMILES string of the molecule is C=C/C=C(C)\C=C\N=CN.CN/C=C\C(NC)=C1\C=C(C=O)SC1. The van der Waals surface area contributed by atoms with Crippen molar-refractivity contribution >= 4 is 24.4 Å². The molecule has 0 unspecified atom stereocenters.